The van der Waals surface area contributed by atoms with Gasteiger partial charge in [0.15, 0.2) is 0 Å². The molecular weight excluding hydrogens is 226 g/mol. The molecule has 18 heavy (non-hydrogen) atoms. The Hall–Kier alpha value is -1.84. The Morgan fingerprint density at radius 2 is 2.17 bits per heavy atom. The second-order valence-corrected chi connectivity index (χ2v) is 4.96. The predicted octanol–water partition coefficient (Wildman–Crippen LogP) is 2.52. The van der Waals surface area contributed by atoms with E-state index in [9.17, 15) is 4.79 Å². The van der Waals surface area contributed by atoms with Crippen molar-refractivity contribution in [2.24, 2.45) is 10.8 Å². The summed E-state index contributed by atoms with van der Waals surface area (Å²) in [6.45, 7) is 4.34. The number of nitrogens with zero attached hydrogens (tertiary/aromatic N) is 1. The van der Waals surface area contributed by atoms with E-state index in [1.165, 1.54) is 11.1 Å². The first-order valence-electron chi connectivity index (χ1n) is 6.33. The summed E-state index contributed by atoms with van der Waals surface area (Å²) in [5.41, 5.74) is 12.1. The van der Waals surface area contributed by atoms with Crippen LogP contribution in [0.1, 0.15) is 49.3 Å². The molecule has 0 atom stereocenters. The number of hydrazone groups is 1. The molecule has 1 aromatic carbocycles. The van der Waals surface area contributed by atoms with E-state index in [0.717, 1.165) is 30.5 Å². The minimum atomic E-state index is -0.616. The Morgan fingerprint density at radius 3 is 2.83 bits per heavy atom. The molecule has 3 N–H and O–H groups in total. The second-order valence-electron chi connectivity index (χ2n) is 4.96. The van der Waals surface area contributed by atoms with Crippen molar-refractivity contribution >= 4 is 11.7 Å². The number of rotatable bonds is 2. The average Bonchev–Trinajstić information content (AvgIpc) is 2.35. The summed E-state index contributed by atoms with van der Waals surface area (Å²) in [4.78, 5) is 10.7. The van der Waals surface area contributed by atoms with E-state index < -0.39 is 6.03 Å². The number of urea groups is 1. The van der Waals surface area contributed by atoms with E-state index in [1.807, 2.05) is 0 Å². The number of primary amides is 1. The van der Waals surface area contributed by atoms with Crippen LogP contribution in [0, 0.1) is 0 Å². The van der Waals surface area contributed by atoms with Crippen molar-refractivity contribution in [2.45, 2.75) is 39.0 Å². The van der Waals surface area contributed by atoms with E-state index in [-0.39, 0.29) is 0 Å². The fourth-order valence-corrected chi connectivity index (χ4v) is 2.26. The second kappa shape index (κ2) is 5.21. The zero-order valence-electron chi connectivity index (χ0n) is 10.9. The van der Waals surface area contributed by atoms with Crippen molar-refractivity contribution in [3.63, 3.8) is 0 Å². The van der Waals surface area contributed by atoms with Crippen LogP contribution >= 0.6 is 0 Å². The van der Waals surface area contributed by atoms with Gasteiger partial charge >= 0.3 is 6.03 Å². The Balaban J connectivity index is 2.37. The number of carbonyl (C=O) groups excluding carboxylic acids is 1. The van der Waals surface area contributed by atoms with Crippen molar-refractivity contribution in [2.75, 3.05) is 0 Å². The van der Waals surface area contributed by atoms with E-state index in [2.05, 4.69) is 42.6 Å². The van der Waals surface area contributed by atoms with Crippen LogP contribution in [0.5, 0.6) is 0 Å². The first kappa shape index (κ1) is 12.6. The number of nitrogens with two attached hydrogens (primary N) is 1. The van der Waals surface area contributed by atoms with Gasteiger partial charge < -0.3 is 5.73 Å². The van der Waals surface area contributed by atoms with Gasteiger partial charge in [-0.3, -0.25) is 0 Å². The van der Waals surface area contributed by atoms with E-state index in [4.69, 9.17) is 5.73 Å². The van der Waals surface area contributed by atoms with Crippen LogP contribution in [0.2, 0.25) is 0 Å². The molecule has 0 spiro atoms. The summed E-state index contributed by atoms with van der Waals surface area (Å²) in [5.74, 6) is 0.488. The predicted molar refractivity (Wildman–Crippen MR) is 72.7 cm³/mol. The topological polar surface area (TPSA) is 67.5 Å². The monoisotopic (exact) mass is 245 g/mol. The molecule has 0 aliphatic heterocycles. The van der Waals surface area contributed by atoms with Crippen LogP contribution in [0.4, 0.5) is 4.79 Å². The quantitative estimate of drug-likeness (QED) is 0.772. The third kappa shape index (κ3) is 2.70. The molecule has 0 bridgehead atoms. The highest BCUT2D eigenvalue weighted by atomic mass is 16.2. The molecule has 0 fully saturated rings. The molecule has 96 valence electrons. The van der Waals surface area contributed by atoms with Crippen LogP contribution in [0.25, 0.3) is 0 Å². The van der Waals surface area contributed by atoms with Gasteiger partial charge in [-0.15, -0.1) is 0 Å². The van der Waals surface area contributed by atoms with Crippen LogP contribution in [0.3, 0.4) is 0 Å². The maximum Gasteiger partial charge on any atom is 0.332 e. The standard InChI is InChI=1S/C14H19N3O/c1-9(2)11-7-6-10-4-3-5-13(12(10)8-11)16-17-14(15)18/h6-9H,3-5H2,1-2H3,(H3,15,17,18)/b16-13+. The summed E-state index contributed by atoms with van der Waals surface area (Å²) in [7, 11) is 0. The number of nitrogens with one attached hydrogen (secondary N) is 1. The average molecular weight is 245 g/mol. The molecule has 4 heteroatoms. The maximum atomic E-state index is 10.7. The SMILES string of the molecule is CC(C)c1ccc2c(c1)/C(=N/NC(N)=O)CCC2. The third-order valence-electron chi connectivity index (χ3n) is 3.27. The number of fused-ring (bicyclic) bond motifs is 1. The van der Waals surface area contributed by atoms with Crippen LogP contribution in [0.15, 0.2) is 23.3 Å². The molecule has 0 saturated carbocycles. The highest BCUT2D eigenvalue weighted by Gasteiger charge is 2.16. The van der Waals surface area contributed by atoms with Gasteiger partial charge in [0.1, 0.15) is 0 Å². The number of carbonyl (C=O) groups is 1. The van der Waals surface area contributed by atoms with E-state index >= 15 is 0 Å². The van der Waals surface area contributed by atoms with Gasteiger partial charge in [0.2, 0.25) is 0 Å². The van der Waals surface area contributed by atoms with Crippen molar-refractivity contribution in [1.82, 2.24) is 5.43 Å². The number of benzene rings is 1. The summed E-state index contributed by atoms with van der Waals surface area (Å²) >= 11 is 0. The minimum absolute atomic E-state index is 0.488. The molecule has 0 aromatic heterocycles. The Kier molecular flexibility index (Phi) is 3.65. The number of aryl methyl sites for hydroxylation is 1. The number of hydrogen-bond donors (Lipinski definition) is 2. The van der Waals surface area contributed by atoms with Gasteiger partial charge in [0, 0.05) is 5.56 Å². The van der Waals surface area contributed by atoms with E-state index in [1.54, 1.807) is 0 Å². The minimum Gasteiger partial charge on any atom is -0.350 e. The van der Waals surface area contributed by atoms with Crippen LogP contribution in [-0.2, 0) is 6.42 Å². The lowest BCUT2D eigenvalue weighted by Crippen LogP contribution is -2.27. The summed E-state index contributed by atoms with van der Waals surface area (Å²) < 4.78 is 0. The molecule has 2 amide bonds. The van der Waals surface area contributed by atoms with Gasteiger partial charge in [0.25, 0.3) is 0 Å². The Labute approximate surface area is 107 Å². The molecule has 0 heterocycles. The normalized spacial score (nSPS) is 16.7. The first-order valence-corrected chi connectivity index (χ1v) is 6.33. The van der Waals surface area contributed by atoms with Crippen LogP contribution < -0.4 is 11.2 Å². The molecule has 1 aromatic rings. The molecule has 4 nitrogen and oxygen atoms in total. The van der Waals surface area contributed by atoms with E-state index in [0.29, 0.717) is 5.92 Å². The van der Waals surface area contributed by atoms with Gasteiger partial charge in [-0.05, 0) is 42.4 Å². The third-order valence-corrected chi connectivity index (χ3v) is 3.27. The highest BCUT2D eigenvalue weighted by molar-refractivity contribution is 6.03. The lowest BCUT2D eigenvalue weighted by atomic mass is 9.87. The Bertz CT molecular complexity index is 492. The maximum absolute atomic E-state index is 10.7. The molecule has 2 rings (SSSR count). The lowest BCUT2D eigenvalue weighted by molar-refractivity contribution is 0.249. The molecule has 1 aliphatic carbocycles. The molecule has 0 saturated heterocycles. The molecule has 1 aliphatic rings. The smallest absolute Gasteiger partial charge is 0.332 e. The van der Waals surface area contributed by atoms with Crippen molar-refractivity contribution in [3.8, 4) is 0 Å². The summed E-state index contributed by atoms with van der Waals surface area (Å²) in [6.07, 6.45) is 3.02. The summed E-state index contributed by atoms with van der Waals surface area (Å²) in [6, 6.07) is 5.91. The van der Waals surface area contributed by atoms with Gasteiger partial charge in [-0.1, -0.05) is 26.0 Å². The van der Waals surface area contributed by atoms with Gasteiger partial charge in [-0.25, -0.2) is 10.2 Å². The Morgan fingerprint density at radius 1 is 1.39 bits per heavy atom. The fraction of sp³-hybridized carbons (Fsp3) is 0.429. The molecular formula is C14H19N3O. The highest BCUT2D eigenvalue weighted by Crippen LogP contribution is 2.25. The number of amides is 2. The molecule has 0 radical (unpaired) electrons. The molecule has 0 unspecified atom stereocenters. The van der Waals surface area contributed by atoms with Crippen molar-refractivity contribution in [1.29, 1.82) is 0 Å². The van der Waals surface area contributed by atoms with Crippen LogP contribution in [-0.4, -0.2) is 11.7 Å². The summed E-state index contributed by atoms with van der Waals surface area (Å²) in [5, 5.41) is 4.12. The fourth-order valence-electron chi connectivity index (χ4n) is 2.26. The lowest BCUT2D eigenvalue weighted by Gasteiger charge is -2.19. The van der Waals surface area contributed by atoms with Gasteiger partial charge in [-0.2, -0.15) is 5.10 Å². The zero-order chi connectivity index (χ0) is 13.1. The largest absolute Gasteiger partial charge is 0.350 e. The number of hydrogen-bond acceptors (Lipinski definition) is 2. The zero-order valence-corrected chi connectivity index (χ0v) is 10.9. The van der Waals surface area contributed by atoms with Gasteiger partial charge in [0.05, 0.1) is 5.71 Å². The van der Waals surface area contributed by atoms with Crippen molar-refractivity contribution < 1.29 is 4.79 Å². The van der Waals surface area contributed by atoms with Crippen molar-refractivity contribution in [3.05, 3.63) is 34.9 Å². The first-order chi connectivity index (χ1) is 8.58.